The van der Waals surface area contributed by atoms with Crippen molar-refractivity contribution in [3.05, 3.63) is 48.0 Å². The molecule has 26 heavy (non-hydrogen) atoms. The lowest BCUT2D eigenvalue weighted by molar-refractivity contribution is 0.0950. The van der Waals surface area contributed by atoms with Crippen LogP contribution in [0.2, 0.25) is 0 Å². The number of rotatable bonds is 6. The number of sulfonamides is 1. The number of nitrogens with one attached hydrogen (secondary N) is 2. The van der Waals surface area contributed by atoms with Crippen LogP contribution in [0.5, 0.6) is 0 Å². The van der Waals surface area contributed by atoms with Gasteiger partial charge in [-0.2, -0.15) is 8.75 Å². The molecule has 0 unspecified atom stereocenters. The average Bonchev–Trinajstić information content (AvgIpc) is 3.08. The number of carbonyl (C=O) groups is 1. The van der Waals surface area contributed by atoms with E-state index < -0.39 is 10.0 Å². The Bertz CT molecular complexity index is 1040. The summed E-state index contributed by atoms with van der Waals surface area (Å²) in [5, 5.41) is 2.80. The quantitative estimate of drug-likeness (QED) is 0.674. The number of hydrogen-bond donors (Lipinski definition) is 2. The molecule has 1 amide bonds. The zero-order valence-corrected chi connectivity index (χ0v) is 15.9. The third-order valence-corrected chi connectivity index (χ3v) is 5.57. The van der Waals surface area contributed by atoms with E-state index in [1.54, 1.807) is 36.4 Å². The summed E-state index contributed by atoms with van der Waals surface area (Å²) in [7, 11) is -3.92. The predicted molar refractivity (Wildman–Crippen MR) is 102 cm³/mol. The van der Waals surface area contributed by atoms with Gasteiger partial charge in [0, 0.05) is 6.54 Å². The molecule has 7 nitrogen and oxygen atoms in total. The SMILES string of the molecule is CC(C)CNC(=O)c1ccccc1NS(=O)(=O)c1cccc2nsnc12. The van der Waals surface area contributed by atoms with Crippen molar-refractivity contribution in [3.63, 3.8) is 0 Å². The minimum atomic E-state index is -3.92. The van der Waals surface area contributed by atoms with Crippen molar-refractivity contribution in [1.82, 2.24) is 14.1 Å². The Balaban J connectivity index is 1.94. The van der Waals surface area contributed by atoms with E-state index >= 15 is 0 Å². The van der Waals surface area contributed by atoms with E-state index in [0.29, 0.717) is 17.6 Å². The molecule has 0 fully saturated rings. The number of benzene rings is 2. The molecule has 1 aromatic heterocycles. The van der Waals surface area contributed by atoms with Crippen LogP contribution in [0, 0.1) is 5.92 Å². The van der Waals surface area contributed by atoms with Crippen LogP contribution < -0.4 is 10.0 Å². The maximum Gasteiger partial charge on any atom is 0.264 e. The predicted octanol–water partition coefficient (Wildman–Crippen LogP) is 2.88. The normalized spacial score (nSPS) is 11.7. The van der Waals surface area contributed by atoms with Gasteiger partial charge in [0.2, 0.25) is 0 Å². The molecule has 3 rings (SSSR count). The number of hydrogen-bond acceptors (Lipinski definition) is 6. The van der Waals surface area contributed by atoms with Crippen LogP contribution >= 0.6 is 11.7 Å². The molecule has 1 heterocycles. The van der Waals surface area contributed by atoms with Crippen LogP contribution in [0.1, 0.15) is 24.2 Å². The smallest absolute Gasteiger partial charge is 0.264 e. The highest BCUT2D eigenvalue weighted by molar-refractivity contribution is 7.93. The molecular formula is C17H18N4O3S2. The van der Waals surface area contributed by atoms with E-state index in [-0.39, 0.29) is 28.0 Å². The van der Waals surface area contributed by atoms with Gasteiger partial charge in [-0.15, -0.1) is 0 Å². The van der Waals surface area contributed by atoms with Crippen molar-refractivity contribution in [3.8, 4) is 0 Å². The topological polar surface area (TPSA) is 101 Å². The van der Waals surface area contributed by atoms with Gasteiger partial charge in [0.15, 0.2) is 0 Å². The summed E-state index contributed by atoms with van der Waals surface area (Å²) in [6.45, 7) is 4.47. The zero-order valence-electron chi connectivity index (χ0n) is 14.3. The van der Waals surface area contributed by atoms with E-state index in [9.17, 15) is 13.2 Å². The lowest BCUT2D eigenvalue weighted by Gasteiger charge is -2.13. The summed E-state index contributed by atoms with van der Waals surface area (Å²) in [4.78, 5) is 12.4. The summed E-state index contributed by atoms with van der Waals surface area (Å²) in [5.41, 5.74) is 1.31. The monoisotopic (exact) mass is 390 g/mol. The van der Waals surface area contributed by atoms with Gasteiger partial charge in [-0.25, -0.2) is 8.42 Å². The Morgan fingerprint density at radius 3 is 2.65 bits per heavy atom. The van der Waals surface area contributed by atoms with Crippen molar-refractivity contribution < 1.29 is 13.2 Å². The molecule has 9 heteroatoms. The molecule has 0 radical (unpaired) electrons. The number of para-hydroxylation sites is 1. The Morgan fingerprint density at radius 2 is 1.88 bits per heavy atom. The van der Waals surface area contributed by atoms with Crippen molar-refractivity contribution in [2.45, 2.75) is 18.7 Å². The first-order valence-corrected chi connectivity index (χ1v) is 10.2. The third kappa shape index (κ3) is 3.83. The molecule has 0 aliphatic rings. The molecule has 0 atom stereocenters. The lowest BCUT2D eigenvalue weighted by Crippen LogP contribution is -2.28. The highest BCUT2D eigenvalue weighted by atomic mass is 32.2. The van der Waals surface area contributed by atoms with Gasteiger partial charge in [-0.1, -0.05) is 32.0 Å². The van der Waals surface area contributed by atoms with Gasteiger partial charge in [0.25, 0.3) is 15.9 Å². The van der Waals surface area contributed by atoms with Crippen molar-refractivity contribution in [2.75, 3.05) is 11.3 Å². The van der Waals surface area contributed by atoms with E-state index in [2.05, 4.69) is 18.8 Å². The molecule has 0 aliphatic heterocycles. The highest BCUT2D eigenvalue weighted by Gasteiger charge is 2.22. The first-order chi connectivity index (χ1) is 12.4. The van der Waals surface area contributed by atoms with Crippen molar-refractivity contribution in [2.24, 2.45) is 5.92 Å². The maximum absolute atomic E-state index is 12.8. The summed E-state index contributed by atoms with van der Waals surface area (Å²) in [5.74, 6) is -0.0388. The van der Waals surface area contributed by atoms with E-state index in [0.717, 1.165) is 11.7 Å². The number of amides is 1. The molecule has 136 valence electrons. The summed E-state index contributed by atoms with van der Waals surface area (Å²) < 4.78 is 36.3. The number of nitrogens with zero attached hydrogens (tertiary/aromatic N) is 2. The van der Waals surface area contributed by atoms with Gasteiger partial charge < -0.3 is 5.32 Å². The van der Waals surface area contributed by atoms with Gasteiger partial charge in [-0.3, -0.25) is 9.52 Å². The Kier molecular flexibility index (Phi) is 5.19. The molecule has 0 aliphatic carbocycles. The van der Waals surface area contributed by atoms with Crippen molar-refractivity contribution >= 4 is 44.4 Å². The second-order valence-electron chi connectivity index (χ2n) is 6.14. The molecule has 0 saturated carbocycles. The number of anilines is 1. The standard InChI is InChI=1S/C17H18N4O3S2/c1-11(2)10-18-17(22)12-6-3-4-7-13(12)21-26(23,24)15-9-5-8-14-16(15)20-25-19-14/h3-9,11,21H,10H2,1-2H3,(H,18,22). The highest BCUT2D eigenvalue weighted by Crippen LogP contribution is 2.25. The van der Waals surface area contributed by atoms with E-state index in [1.807, 2.05) is 13.8 Å². The largest absolute Gasteiger partial charge is 0.352 e. The third-order valence-electron chi connectivity index (χ3n) is 3.63. The summed E-state index contributed by atoms with van der Waals surface area (Å²) in [6.07, 6.45) is 0. The van der Waals surface area contributed by atoms with Gasteiger partial charge in [-0.05, 0) is 30.2 Å². The van der Waals surface area contributed by atoms with E-state index in [4.69, 9.17) is 0 Å². The molecular weight excluding hydrogens is 372 g/mol. The number of carbonyl (C=O) groups excluding carboxylic acids is 1. The minimum Gasteiger partial charge on any atom is -0.352 e. The molecule has 3 aromatic rings. The van der Waals surface area contributed by atoms with Crippen LogP contribution in [-0.2, 0) is 10.0 Å². The lowest BCUT2D eigenvalue weighted by atomic mass is 10.1. The van der Waals surface area contributed by atoms with Crippen LogP contribution in [0.25, 0.3) is 11.0 Å². The molecule has 0 spiro atoms. The Hall–Kier alpha value is -2.52. The fourth-order valence-electron chi connectivity index (χ4n) is 2.36. The second-order valence-corrected chi connectivity index (χ2v) is 8.32. The molecule has 2 aromatic carbocycles. The van der Waals surface area contributed by atoms with Crippen LogP contribution in [0.3, 0.4) is 0 Å². The second kappa shape index (κ2) is 7.38. The van der Waals surface area contributed by atoms with Gasteiger partial charge in [0.1, 0.15) is 15.9 Å². The fourth-order valence-corrected chi connectivity index (χ4v) is 4.21. The first-order valence-electron chi connectivity index (χ1n) is 8.00. The Morgan fingerprint density at radius 1 is 1.12 bits per heavy atom. The van der Waals surface area contributed by atoms with Gasteiger partial charge in [0.05, 0.1) is 23.0 Å². The Labute approximate surface area is 155 Å². The van der Waals surface area contributed by atoms with Crippen LogP contribution in [0.4, 0.5) is 5.69 Å². The maximum atomic E-state index is 12.8. The van der Waals surface area contributed by atoms with Crippen LogP contribution in [-0.4, -0.2) is 29.6 Å². The minimum absolute atomic E-state index is 0.0288. The molecule has 0 saturated heterocycles. The zero-order chi connectivity index (χ0) is 18.7. The summed E-state index contributed by atoms with van der Waals surface area (Å²) >= 11 is 0.950. The van der Waals surface area contributed by atoms with Gasteiger partial charge >= 0.3 is 0 Å². The number of fused-ring (bicyclic) bond motifs is 1. The molecule has 2 N–H and O–H groups in total. The van der Waals surface area contributed by atoms with Crippen molar-refractivity contribution in [1.29, 1.82) is 0 Å². The van der Waals surface area contributed by atoms with E-state index in [1.165, 1.54) is 6.07 Å². The molecule has 0 bridgehead atoms. The first kappa shape index (κ1) is 18.3. The number of aromatic nitrogens is 2. The van der Waals surface area contributed by atoms with Crippen LogP contribution in [0.15, 0.2) is 47.4 Å². The summed E-state index contributed by atoms with van der Waals surface area (Å²) in [6, 6.07) is 11.3. The average molecular weight is 390 g/mol. The fraction of sp³-hybridized carbons (Fsp3) is 0.235.